The Labute approximate surface area is 115 Å². The van der Waals surface area contributed by atoms with Gasteiger partial charge >= 0.3 is 7.12 Å². The van der Waals surface area contributed by atoms with E-state index in [0.717, 1.165) is 30.7 Å². The summed E-state index contributed by atoms with van der Waals surface area (Å²) >= 11 is 0. The fourth-order valence-corrected chi connectivity index (χ4v) is 1.81. The van der Waals surface area contributed by atoms with Crippen LogP contribution in [0.1, 0.15) is 19.8 Å². The first-order valence-corrected chi connectivity index (χ1v) is 6.82. The molecule has 0 saturated heterocycles. The van der Waals surface area contributed by atoms with Crippen molar-refractivity contribution in [3.8, 4) is 11.5 Å². The Bertz CT molecular complexity index is 417. The van der Waals surface area contributed by atoms with Crippen LogP contribution < -0.4 is 9.31 Å². The molecular formula is C16H19BO2. The molecule has 19 heavy (non-hydrogen) atoms. The van der Waals surface area contributed by atoms with E-state index in [1.165, 1.54) is 0 Å². The van der Waals surface area contributed by atoms with Gasteiger partial charge in [0.05, 0.1) is 0 Å². The van der Waals surface area contributed by atoms with Gasteiger partial charge in [0.1, 0.15) is 11.5 Å². The van der Waals surface area contributed by atoms with Crippen LogP contribution in [0.3, 0.4) is 0 Å². The van der Waals surface area contributed by atoms with Crippen LogP contribution in [0, 0.1) is 0 Å². The highest BCUT2D eigenvalue weighted by molar-refractivity contribution is 6.46. The smallest absolute Gasteiger partial charge is 0.526 e. The molecule has 0 N–H and O–H groups in total. The van der Waals surface area contributed by atoms with Crippen molar-refractivity contribution in [1.29, 1.82) is 0 Å². The first kappa shape index (κ1) is 13.5. The molecular weight excluding hydrogens is 235 g/mol. The molecule has 2 aromatic rings. The Kier molecular flexibility index (Phi) is 5.36. The zero-order valence-electron chi connectivity index (χ0n) is 11.3. The second kappa shape index (κ2) is 7.52. The molecule has 0 atom stereocenters. The zero-order valence-corrected chi connectivity index (χ0v) is 11.3. The third kappa shape index (κ3) is 4.70. The van der Waals surface area contributed by atoms with Crippen molar-refractivity contribution in [2.75, 3.05) is 0 Å². The molecule has 98 valence electrons. The van der Waals surface area contributed by atoms with Crippen LogP contribution in [0.5, 0.6) is 11.5 Å². The van der Waals surface area contributed by atoms with Crippen LogP contribution >= 0.6 is 0 Å². The largest absolute Gasteiger partial charge is 0.594 e. The van der Waals surface area contributed by atoms with E-state index in [2.05, 4.69) is 6.92 Å². The van der Waals surface area contributed by atoms with Crippen LogP contribution in [-0.4, -0.2) is 7.12 Å². The minimum Gasteiger partial charge on any atom is -0.526 e. The highest BCUT2D eigenvalue weighted by Crippen LogP contribution is 2.17. The maximum absolute atomic E-state index is 5.90. The van der Waals surface area contributed by atoms with E-state index in [1.54, 1.807) is 0 Å². The molecule has 0 aliphatic rings. The molecule has 0 saturated carbocycles. The second-order valence-corrected chi connectivity index (χ2v) is 4.43. The summed E-state index contributed by atoms with van der Waals surface area (Å²) < 4.78 is 11.8. The van der Waals surface area contributed by atoms with Gasteiger partial charge in [0.25, 0.3) is 0 Å². The first-order chi connectivity index (χ1) is 9.38. The number of hydrogen-bond acceptors (Lipinski definition) is 2. The lowest BCUT2D eigenvalue weighted by atomic mass is 9.82. The van der Waals surface area contributed by atoms with Crippen molar-refractivity contribution < 1.29 is 9.31 Å². The van der Waals surface area contributed by atoms with Gasteiger partial charge in [-0.2, -0.15) is 0 Å². The lowest BCUT2D eigenvalue weighted by Crippen LogP contribution is -2.29. The summed E-state index contributed by atoms with van der Waals surface area (Å²) in [6.45, 7) is 2.17. The van der Waals surface area contributed by atoms with Crippen molar-refractivity contribution in [2.45, 2.75) is 26.1 Å². The number of rotatable bonds is 7. The minimum absolute atomic E-state index is 0.232. The first-order valence-electron chi connectivity index (χ1n) is 6.82. The van der Waals surface area contributed by atoms with E-state index in [-0.39, 0.29) is 7.12 Å². The predicted molar refractivity (Wildman–Crippen MR) is 79.6 cm³/mol. The summed E-state index contributed by atoms with van der Waals surface area (Å²) in [7, 11) is -0.232. The van der Waals surface area contributed by atoms with Gasteiger partial charge in [0.2, 0.25) is 0 Å². The SMILES string of the molecule is CCCCB(Oc1ccccc1)Oc1ccccc1. The average molecular weight is 254 g/mol. The lowest BCUT2D eigenvalue weighted by Gasteiger charge is -2.16. The number of benzene rings is 2. The summed E-state index contributed by atoms with van der Waals surface area (Å²) in [5.41, 5.74) is 0. The Morgan fingerprint density at radius 2 is 1.26 bits per heavy atom. The number of para-hydroxylation sites is 2. The maximum Gasteiger partial charge on any atom is 0.594 e. The fourth-order valence-electron chi connectivity index (χ4n) is 1.81. The molecule has 2 rings (SSSR count). The van der Waals surface area contributed by atoms with Gasteiger partial charge in [0, 0.05) is 6.32 Å². The van der Waals surface area contributed by atoms with Crippen LogP contribution in [0.15, 0.2) is 60.7 Å². The van der Waals surface area contributed by atoms with Crippen molar-refractivity contribution in [3.05, 3.63) is 60.7 Å². The highest BCUT2D eigenvalue weighted by Gasteiger charge is 2.22. The highest BCUT2D eigenvalue weighted by atomic mass is 16.6. The van der Waals surface area contributed by atoms with E-state index in [1.807, 2.05) is 60.7 Å². The maximum atomic E-state index is 5.90. The summed E-state index contributed by atoms with van der Waals surface area (Å²) in [4.78, 5) is 0. The van der Waals surface area contributed by atoms with Crippen molar-refractivity contribution >= 4 is 7.12 Å². The van der Waals surface area contributed by atoms with Crippen molar-refractivity contribution in [3.63, 3.8) is 0 Å². The fraction of sp³-hybridized carbons (Fsp3) is 0.250. The molecule has 0 amide bonds. The molecule has 0 spiro atoms. The van der Waals surface area contributed by atoms with Gasteiger partial charge in [0.15, 0.2) is 0 Å². The Balaban J connectivity index is 1.99. The third-order valence-electron chi connectivity index (χ3n) is 2.81. The predicted octanol–water partition coefficient (Wildman–Crippen LogP) is 4.43. The van der Waals surface area contributed by atoms with Crippen LogP contribution in [0.25, 0.3) is 0 Å². The molecule has 2 nitrogen and oxygen atoms in total. The molecule has 0 bridgehead atoms. The van der Waals surface area contributed by atoms with Crippen LogP contribution in [0.4, 0.5) is 0 Å². The Hall–Kier alpha value is -1.90. The molecule has 0 aliphatic heterocycles. The Morgan fingerprint density at radius 1 is 0.789 bits per heavy atom. The quantitative estimate of drug-likeness (QED) is 0.680. The third-order valence-corrected chi connectivity index (χ3v) is 2.81. The number of unbranched alkanes of at least 4 members (excludes halogenated alkanes) is 1. The second-order valence-electron chi connectivity index (χ2n) is 4.43. The molecule has 0 unspecified atom stereocenters. The summed E-state index contributed by atoms with van der Waals surface area (Å²) in [5.74, 6) is 1.69. The Morgan fingerprint density at radius 3 is 1.68 bits per heavy atom. The molecule has 0 radical (unpaired) electrons. The minimum atomic E-state index is -0.232. The van der Waals surface area contributed by atoms with Gasteiger partial charge < -0.3 is 9.31 Å². The van der Waals surface area contributed by atoms with Gasteiger partial charge in [-0.3, -0.25) is 0 Å². The molecule has 3 heteroatoms. The van der Waals surface area contributed by atoms with E-state index in [4.69, 9.17) is 9.31 Å². The van der Waals surface area contributed by atoms with E-state index < -0.39 is 0 Å². The van der Waals surface area contributed by atoms with Crippen molar-refractivity contribution in [2.24, 2.45) is 0 Å². The monoisotopic (exact) mass is 254 g/mol. The zero-order chi connectivity index (χ0) is 13.3. The van der Waals surface area contributed by atoms with Crippen LogP contribution in [0.2, 0.25) is 6.32 Å². The normalized spacial score (nSPS) is 9.95. The summed E-state index contributed by atoms with van der Waals surface area (Å²) in [6.07, 6.45) is 3.11. The van der Waals surface area contributed by atoms with Gasteiger partial charge in [-0.25, -0.2) is 0 Å². The summed E-state index contributed by atoms with van der Waals surface area (Å²) in [6, 6.07) is 19.6. The topological polar surface area (TPSA) is 18.5 Å². The average Bonchev–Trinajstić information content (AvgIpc) is 2.47. The summed E-state index contributed by atoms with van der Waals surface area (Å²) in [5, 5.41) is 0. The molecule has 0 aromatic heterocycles. The van der Waals surface area contributed by atoms with E-state index in [9.17, 15) is 0 Å². The van der Waals surface area contributed by atoms with E-state index in [0.29, 0.717) is 0 Å². The van der Waals surface area contributed by atoms with Gasteiger partial charge in [-0.05, 0) is 24.3 Å². The molecule has 0 fully saturated rings. The van der Waals surface area contributed by atoms with Gasteiger partial charge in [-0.15, -0.1) is 0 Å². The lowest BCUT2D eigenvalue weighted by molar-refractivity contribution is 0.418. The number of hydrogen-bond donors (Lipinski definition) is 0. The van der Waals surface area contributed by atoms with E-state index >= 15 is 0 Å². The standard InChI is InChI=1S/C16H19BO2/c1-2-3-14-17(18-15-10-6-4-7-11-15)19-16-12-8-5-9-13-16/h4-13H,2-3,14H2,1H3. The van der Waals surface area contributed by atoms with Crippen molar-refractivity contribution in [1.82, 2.24) is 0 Å². The molecule has 0 aliphatic carbocycles. The molecule has 2 aromatic carbocycles. The molecule has 0 heterocycles. The van der Waals surface area contributed by atoms with Gasteiger partial charge in [-0.1, -0.05) is 56.2 Å². The van der Waals surface area contributed by atoms with Crippen LogP contribution in [-0.2, 0) is 0 Å².